The lowest BCUT2D eigenvalue weighted by molar-refractivity contribution is -0.163. The number of aliphatic carboxylic acids is 1. The van der Waals surface area contributed by atoms with Crippen molar-refractivity contribution < 1.29 is 24.6 Å². The van der Waals surface area contributed by atoms with Crippen molar-refractivity contribution in [1.82, 2.24) is 0 Å². The smallest absolute Gasteiger partial charge is 0.354 e. The van der Waals surface area contributed by atoms with Crippen LogP contribution in [0.1, 0.15) is 6.92 Å². The lowest BCUT2D eigenvalue weighted by Crippen LogP contribution is -2.35. The lowest BCUT2D eigenvalue weighted by atomic mass is 10.1. The monoisotopic (exact) mass is 163 g/mol. The summed E-state index contributed by atoms with van der Waals surface area (Å²) >= 11 is 0. The van der Waals surface area contributed by atoms with Gasteiger partial charge in [0.05, 0.1) is 5.92 Å². The maximum Gasteiger partial charge on any atom is 0.354 e. The summed E-state index contributed by atoms with van der Waals surface area (Å²) in [6, 6.07) is 0. The third-order valence-electron chi connectivity index (χ3n) is 1.22. The fourth-order valence-corrected chi connectivity index (χ4v) is 0.409. The molecule has 0 radical (unpaired) electrons. The Morgan fingerprint density at radius 1 is 1.55 bits per heavy atom. The average molecular weight is 163 g/mol. The topological polar surface area (TPSA) is 110 Å². The first-order valence-corrected chi connectivity index (χ1v) is 2.82. The first kappa shape index (κ1) is 9.86. The molecule has 0 saturated heterocycles. The Kier molecular flexibility index (Phi) is 3.49. The van der Waals surface area contributed by atoms with Crippen molar-refractivity contribution in [1.29, 1.82) is 0 Å². The Labute approximate surface area is 62.5 Å². The van der Waals surface area contributed by atoms with Crippen molar-refractivity contribution in [2.75, 3.05) is 0 Å². The second kappa shape index (κ2) is 3.89. The summed E-state index contributed by atoms with van der Waals surface area (Å²) in [5.41, 5.74) is 0. The molecule has 0 aliphatic carbocycles. The molecular formula is C5H9NO5. The van der Waals surface area contributed by atoms with E-state index >= 15 is 0 Å². The van der Waals surface area contributed by atoms with Gasteiger partial charge in [-0.1, -0.05) is 0 Å². The number of carboxylic acids is 1. The van der Waals surface area contributed by atoms with E-state index < -0.39 is 24.0 Å². The lowest BCUT2D eigenvalue weighted by Gasteiger charge is -2.10. The molecule has 0 spiro atoms. The number of carbonyl (C=O) groups is 2. The van der Waals surface area contributed by atoms with Crippen LogP contribution in [0.3, 0.4) is 0 Å². The highest BCUT2D eigenvalue weighted by Gasteiger charge is 2.28. The average Bonchev–Trinajstić information content (AvgIpc) is 2.00. The number of hydrogen-bond acceptors (Lipinski definition) is 5. The van der Waals surface area contributed by atoms with E-state index in [-0.39, 0.29) is 0 Å². The Morgan fingerprint density at radius 3 is 2.27 bits per heavy atom. The van der Waals surface area contributed by atoms with Gasteiger partial charge in [-0.2, -0.15) is 5.90 Å². The molecule has 6 nitrogen and oxygen atoms in total. The van der Waals surface area contributed by atoms with Gasteiger partial charge >= 0.3 is 11.9 Å². The minimum Gasteiger partial charge on any atom is -0.481 e. The van der Waals surface area contributed by atoms with Crippen molar-refractivity contribution in [2.45, 2.75) is 13.0 Å². The summed E-state index contributed by atoms with van der Waals surface area (Å²) in [6.45, 7) is 1.17. The van der Waals surface area contributed by atoms with E-state index in [1.54, 1.807) is 0 Å². The number of nitrogens with two attached hydrogens (primary N) is 1. The van der Waals surface area contributed by atoms with Gasteiger partial charge in [0.25, 0.3) is 0 Å². The molecule has 0 saturated carbocycles. The van der Waals surface area contributed by atoms with Crippen molar-refractivity contribution in [2.24, 2.45) is 11.8 Å². The standard InChI is InChI=1S/C5H9NO5/c1-2(4(8)9)3(7)5(10)11-6/h2-3,7H,6H2,1H3,(H,8,9)/t2-,3?/m0/s1. The van der Waals surface area contributed by atoms with E-state index in [0.717, 1.165) is 0 Å². The Hall–Kier alpha value is -1.14. The van der Waals surface area contributed by atoms with Crippen LogP contribution in [0.4, 0.5) is 0 Å². The van der Waals surface area contributed by atoms with E-state index in [1.807, 2.05) is 0 Å². The van der Waals surface area contributed by atoms with Gasteiger partial charge in [-0.05, 0) is 6.92 Å². The summed E-state index contributed by atoms with van der Waals surface area (Å²) in [5.74, 6) is 0.750. The molecule has 0 heterocycles. The van der Waals surface area contributed by atoms with E-state index in [0.29, 0.717) is 0 Å². The van der Waals surface area contributed by atoms with Gasteiger partial charge in [-0.15, -0.1) is 0 Å². The zero-order valence-electron chi connectivity index (χ0n) is 5.85. The number of hydrogen-bond donors (Lipinski definition) is 3. The number of rotatable bonds is 3. The highest BCUT2D eigenvalue weighted by molar-refractivity contribution is 5.82. The molecule has 0 rings (SSSR count). The molecular weight excluding hydrogens is 154 g/mol. The molecule has 4 N–H and O–H groups in total. The van der Waals surface area contributed by atoms with Crippen LogP contribution in [-0.2, 0) is 14.4 Å². The van der Waals surface area contributed by atoms with Gasteiger partial charge in [-0.3, -0.25) is 4.79 Å². The Balaban J connectivity index is 4.12. The molecule has 1 unspecified atom stereocenters. The normalized spacial score (nSPS) is 15.2. The number of carbonyl (C=O) groups excluding carboxylic acids is 1. The van der Waals surface area contributed by atoms with Crippen LogP contribution in [0, 0.1) is 5.92 Å². The first-order valence-electron chi connectivity index (χ1n) is 2.82. The zero-order valence-corrected chi connectivity index (χ0v) is 5.85. The van der Waals surface area contributed by atoms with Gasteiger partial charge in [0.2, 0.25) is 0 Å². The number of carboxylic acid groups (broad SMARTS) is 1. The number of aliphatic hydroxyl groups excluding tert-OH is 1. The predicted octanol–water partition coefficient (Wildman–Crippen LogP) is -1.52. The molecule has 0 bridgehead atoms. The van der Waals surface area contributed by atoms with E-state index in [1.165, 1.54) is 6.92 Å². The van der Waals surface area contributed by atoms with Crippen LogP contribution < -0.4 is 5.90 Å². The molecule has 0 aliphatic rings. The van der Waals surface area contributed by atoms with Gasteiger partial charge in [0.15, 0.2) is 6.10 Å². The third-order valence-corrected chi connectivity index (χ3v) is 1.22. The SMILES string of the molecule is C[C@H](C(=O)O)C(O)C(=O)ON. The minimum absolute atomic E-state index is 1.15. The first-order chi connectivity index (χ1) is 5.00. The summed E-state index contributed by atoms with van der Waals surface area (Å²) in [4.78, 5) is 24.2. The van der Waals surface area contributed by atoms with Crippen molar-refractivity contribution in [3.8, 4) is 0 Å². The highest BCUT2D eigenvalue weighted by Crippen LogP contribution is 2.03. The van der Waals surface area contributed by atoms with Crippen LogP contribution in [0.15, 0.2) is 0 Å². The van der Waals surface area contributed by atoms with Gasteiger partial charge in [0, 0.05) is 0 Å². The quantitative estimate of drug-likeness (QED) is 0.436. The summed E-state index contributed by atoms with van der Waals surface area (Å²) in [6.07, 6.45) is -1.71. The number of aliphatic hydroxyl groups is 1. The van der Waals surface area contributed by atoms with Crippen LogP contribution in [-0.4, -0.2) is 28.3 Å². The second-order valence-corrected chi connectivity index (χ2v) is 2.01. The van der Waals surface area contributed by atoms with E-state index in [2.05, 4.69) is 10.7 Å². The van der Waals surface area contributed by atoms with E-state index in [9.17, 15) is 9.59 Å². The van der Waals surface area contributed by atoms with Crippen LogP contribution in [0.25, 0.3) is 0 Å². The molecule has 11 heavy (non-hydrogen) atoms. The Morgan fingerprint density at radius 2 is 2.00 bits per heavy atom. The second-order valence-electron chi connectivity index (χ2n) is 2.01. The molecule has 0 fully saturated rings. The van der Waals surface area contributed by atoms with Crippen molar-refractivity contribution in [3.05, 3.63) is 0 Å². The van der Waals surface area contributed by atoms with Crippen molar-refractivity contribution in [3.63, 3.8) is 0 Å². The minimum atomic E-state index is -1.71. The van der Waals surface area contributed by atoms with Crippen LogP contribution >= 0.6 is 0 Å². The molecule has 0 amide bonds. The summed E-state index contributed by atoms with van der Waals surface area (Å²) < 4.78 is 0. The van der Waals surface area contributed by atoms with Gasteiger partial charge in [0.1, 0.15) is 0 Å². The van der Waals surface area contributed by atoms with Crippen molar-refractivity contribution >= 4 is 11.9 Å². The molecule has 0 aromatic carbocycles. The maximum atomic E-state index is 10.4. The van der Waals surface area contributed by atoms with Crippen LogP contribution in [0.5, 0.6) is 0 Å². The third kappa shape index (κ3) is 2.52. The van der Waals surface area contributed by atoms with Crippen LogP contribution in [0.2, 0.25) is 0 Å². The summed E-state index contributed by atoms with van der Waals surface area (Å²) in [7, 11) is 0. The molecule has 0 aliphatic heterocycles. The molecule has 6 heteroatoms. The predicted molar refractivity (Wildman–Crippen MR) is 33.1 cm³/mol. The van der Waals surface area contributed by atoms with Gasteiger partial charge in [-0.25, -0.2) is 4.79 Å². The molecule has 2 atom stereocenters. The highest BCUT2D eigenvalue weighted by atomic mass is 16.7. The maximum absolute atomic E-state index is 10.4. The fourth-order valence-electron chi connectivity index (χ4n) is 0.409. The van der Waals surface area contributed by atoms with Gasteiger partial charge < -0.3 is 15.1 Å². The molecule has 0 aromatic heterocycles. The summed E-state index contributed by atoms with van der Waals surface area (Å²) in [5, 5.41) is 17.1. The largest absolute Gasteiger partial charge is 0.481 e. The molecule has 0 aromatic rings. The van der Waals surface area contributed by atoms with E-state index in [4.69, 9.17) is 10.2 Å². The molecule has 64 valence electrons. The Bertz CT molecular complexity index is 168. The fraction of sp³-hybridized carbons (Fsp3) is 0.600. The zero-order chi connectivity index (χ0) is 9.02.